The van der Waals surface area contributed by atoms with Gasteiger partial charge in [-0.25, -0.2) is 0 Å². The Morgan fingerprint density at radius 2 is 1.03 bits per heavy atom. The molecule has 35 heavy (non-hydrogen) atoms. The molecule has 1 N–H and O–H groups in total. The number of benzene rings is 3. The van der Waals surface area contributed by atoms with Crippen LogP contribution in [0.3, 0.4) is 0 Å². The topological polar surface area (TPSA) is 38.7 Å². The molecule has 188 valence electrons. The summed E-state index contributed by atoms with van der Waals surface area (Å²) < 4.78 is 12.3. The van der Waals surface area contributed by atoms with E-state index >= 15 is 0 Å². The quantitative estimate of drug-likeness (QED) is 0.111. The molecule has 3 rings (SSSR count). The first kappa shape index (κ1) is 27.6. The van der Waals surface area contributed by atoms with E-state index in [1.165, 1.54) is 16.7 Å². The van der Waals surface area contributed by atoms with Gasteiger partial charge in [-0.1, -0.05) is 0 Å². The van der Waals surface area contributed by atoms with Gasteiger partial charge in [0.25, 0.3) is 0 Å². The van der Waals surface area contributed by atoms with E-state index in [2.05, 4.69) is 119 Å². The van der Waals surface area contributed by atoms with Crippen LogP contribution < -0.4 is 0 Å². The Morgan fingerprint density at radius 3 is 1.37 bits per heavy atom. The third kappa shape index (κ3) is 5.89. The van der Waals surface area contributed by atoms with Crippen LogP contribution in [0, 0.1) is 0 Å². The molecule has 5 heteroatoms. The van der Waals surface area contributed by atoms with Crippen molar-refractivity contribution in [3.8, 4) is 0 Å². The van der Waals surface area contributed by atoms with E-state index in [1.807, 2.05) is 0 Å². The Kier molecular flexibility index (Phi) is 9.73. The molecule has 3 nitrogen and oxygen atoms in total. The van der Waals surface area contributed by atoms with Crippen molar-refractivity contribution in [1.29, 1.82) is 0 Å². The molecule has 0 aromatic heterocycles. The summed E-state index contributed by atoms with van der Waals surface area (Å²) in [6.07, 6.45) is 5.50. The maximum absolute atomic E-state index is 10.7. The van der Waals surface area contributed by atoms with Crippen molar-refractivity contribution in [1.82, 2.24) is 0 Å². The van der Waals surface area contributed by atoms with Crippen molar-refractivity contribution >= 4 is 14.2 Å². The van der Waals surface area contributed by atoms with Crippen molar-refractivity contribution < 1.29 is 14.1 Å². The number of hydrogen-bond donors (Lipinski definition) is 1. The molecule has 0 bridgehead atoms. The Bertz CT molecular complexity index is 889. The molecule has 0 spiro atoms. The molecule has 0 heterocycles. The zero-order valence-corrected chi connectivity index (χ0v) is 22.8. The van der Waals surface area contributed by atoms with Gasteiger partial charge in [-0.15, -0.1) is 0 Å². The first-order valence-corrected chi connectivity index (χ1v) is 16.0. The van der Waals surface area contributed by atoms with Gasteiger partial charge in [-0.05, 0) is 0 Å². The monoisotopic (exact) mass is 492 g/mol. The SMILES string of the molecule is CCP(CC)(CC)(CC)OB(O)OCCCC(c1ccccc1)(c1ccccc1)c1ccccc1. The molecule has 0 saturated heterocycles. The summed E-state index contributed by atoms with van der Waals surface area (Å²) in [4.78, 5) is 0. The molecule has 0 aliphatic rings. The van der Waals surface area contributed by atoms with E-state index < -0.39 is 14.2 Å². The summed E-state index contributed by atoms with van der Waals surface area (Å²) in [7, 11) is -1.17. The Morgan fingerprint density at radius 1 is 0.657 bits per heavy atom. The Hall–Kier alpha value is -1.97. The van der Waals surface area contributed by atoms with Gasteiger partial charge < -0.3 is 0 Å². The van der Waals surface area contributed by atoms with Crippen LogP contribution in [-0.4, -0.2) is 43.6 Å². The minimum absolute atomic E-state index is 0.308. The van der Waals surface area contributed by atoms with Crippen LogP contribution in [0.15, 0.2) is 91.0 Å². The first-order chi connectivity index (χ1) is 17.0. The fourth-order valence-electron chi connectivity index (χ4n) is 5.55. The predicted molar refractivity (Wildman–Crippen MR) is 153 cm³/mol. The molecule has 0 atom stereocenters. The fraction of sp³-hybridized carbons (Fsp3) is 0.400. The first-order valence-electron chi connectivity index (χ1n) is 13.1. The third-order valence-corrected chi connectivity index (χ3v) is 15.5. The van der Waals surface area contributed by atoms with Gasteiger partial charge in [-0.2, -0.15) is 0 Å². The molecule has 0 amide bonds. The molecule has 3 aromatic rings. The third-order valence-electron chi connectivity index (χ3n) is 8.34. The van der Waals surface area contributed by atoms with Crippen LogP contribution in [0.25, 0.3) is 0 Å². The van der Waals surface area contributed by atoms with E-state index in [-0.39, 0.29) is 5.41 Å². The van der Waals surface area contributed by atoms with E-state index in [9.17, 15) is 5.02 Å². The van der Waals surface area contributed by atoms with Crippen LogP contribution in [0.1, 0.15) is 57.2 Å². The van der Waals surface area contributed by atoms with Gasteiger partial charge in [0.2, 0.25) is 0 Å². The molecular formula is C30H42BO3P. The molecule has 0 saturated carbocycles. The van der Waals surface area contributed by atoms with E-state index in [4.69, 9.17) is 9.10 Å². The van der Waals surface area contributed by atoms with E-state index in [0.717, 1.165) is 37.5 Å². The second-order valence-corrected chi connectivity index (χ2v) is 16.0. The van der Waals surface area contributed by atoms with Gasteiger partial charge in [-0.3, -0.25) is 0 Å². The van der Waals surface area contributed by atoms with Crippen molar-refractivity contribution in [2.75, 3.05) is 31.3 Å². The summed E-state index contributed by atoms with van der Waals surface area (Å²) in [6, 6.07) is 32.1. The second kappa shape index (κ2) is 12.3. The predicted octanol–water partition coefficient (Wildman–Crippen LogP) is 7.36. The average Bonchev–Trinajstić information content (AvgIpc) is 2.94. The van der Waals surface area contributed by atoms with Crippen LogP contribution in [0.4, 0.5) is 0 Å². The van der Waals surface area contributed by atoms with Crippen LogP contribution in [0.5, 0.6) is 0 Å². The minimum atomic E-state index is -2.42. The van der Waals surface area contributed by atoms with Crippen molar-refractivity contribution in [3.05, 3.63) is 108 Å². The molecule has 0 aliphatic heterocycles. The van der Waals surface area contributed by atoms with Crippen molar-refractivity contribution in [3.63, 3.8) is 0 Å². The van der Waals surface area contributed by atoms with Crippen LogP contribution >= 0.6 is 6.83 Å². The molecule has 0 fully saturated rings. The Labute approximate surface area is 213 Å². The number of rotatable bonds is 14. The van der Waals surface area contributed by atoms with Gasteiger partial charge in [0.15, 0.2) is 0 Å². The van der Waals surface area contributed by atoms with Gasteiger partial charge in [0.1, 0.15) is 0 Å². The normalized spacial score (nSPS) is 13.2. The van der Waals surface area contributed by atoms with Crippen molar-refractivity contribution in [2.45, 2.75) is 46.0 Å². The summed E-state index contributed by atoms with van der Waals surface area (Å²) >= 11 is 0. The molecule has 0 unspecified atom stereocenters. The average molecular weight is 492 g/mol. The molecule has 0 radical (unpaired) electrons. The fourth-order valence-corrected chi connectivity index (χ4v) is 9.40. The van der Waals surface area contributed by atoms with Crippen LogP contribution in [-0.2, 0) is 14.5 Å². The van der Waals surface area contributed by atoms with Gasteiger partial charge >= 0.3 is 213 Å². The molecule has 0 aliphatic carbocycles. The molecule has 3 aromatic carbocycles. The standard InChI is InChI=1S/C30H42BO3P/c1-5-35(6-2,7-3,8-4)34-31(32)33-26-18-25-30(27-19-12-9-13-20-27,28-21-14-10-15-22-28)29-23-16-11-17-24-29/h9-17,19-24,32H,5-8,18,25-26H2,1-4H3. The second-order valence-electron chi connectivity index (χ2n) is 9.51. The van der Waals surface area contributed by atoms with Gasteiger partial charge in [0, 0.05) is 0 Å². The maximum atomic E-state index is 10.7. The summed E-state index contributed by atoms with van der Waals surface area (Å²) in [6.45, 7) is 6.77. The zero-order valence-electron chi connectivity index (χ0n) is 21.9. The summed E-state index contributed by atoms with van der Waals surface area (Å²) in [5.41, 5.74) is 3.46. The van der Waals surface area contributed by atoms with E-state index in [0.29, 0.717) is 6.61 Å². The Balaban J connectivity index is 1.84. The molecular weight excluding hydrogens is 450 g/mol. The van der Waals surface area contributed by atoms with Crippen molar-refractivity contribution in [2.24, 2.45) is 0 Å². The summed E-state index contributed by atoms with van der Waals surface area (Å²) in [5, 5.41) is 10.7. The van der Waals surface area contributed by atoms with E-state index in [1.54, 1.807) is 0 Å². The zero-order chi connectivity index (χ0) is 25.2. The van der Waals surface area contributed by atoms with Crippen LogP contribution in [0.2, 0.25) is 0 Å². The number of hydrogen-bond acceptors (Lipinski definition) is 3. The van der Waals surface area contributed by atoms with Gasteiger partial charge in [0.05, 0.1) is 0 Å². The summed E-state index contributed by atoms with van der Waals surface area (Å²) in [5.74, 6) is 0.